The molecule has 19 heavy (non-hydrogen) atoms. The molecule has 4 atom stereocenters. The van der Waals surface area contributed by atoms with E-state index >= 15 is 0 Å². The smallest absolute Gasteiger partial charge is 0.239 e. The minimum atomic E-state index is -0.227. The quantitative estimate of drug-likeness (QED) is 0.528. The molecule has 2 heterocycles. The molecule has 2 aliphatic rings. The van der Waals surface area contributed by atoms with Gasteiger partial charge in [-0.25, -0.2) is 4.90 Å². The van der Waals surface area contributed by atoms with Crippen LogP contribution in [0.25, 0.3) is 0 Å². The summed E-state index contributed by atoms with van der Waals surface area (Å²) in [4.78, 5) is 26.5. The first-order chi connectivity index (χ1) is 8.99. The van der Waals surface area contributed by atoms with Gasteiger partial charge >= 0.3 is 0 Å². The molecular formula is C11H11Br2N3O2S. The molecule has 0 unspecified atom stereocenters. The first kappa shape index (κ1) is 13.6. The second kappa shape index (κ2) is 4.89. The van der Waals surface area contributed by atoms with Crippen molar-refractivity contribution in [1.82, 2.24) is 10.2 Å². The number of aryl methyl sites for hydroxylation is 1. The Bertz CT molecular complexity index is 522. The lowest BCUT2D eigenvalue weighted by molar-refractivity contribution is -0.122. The molecule has 1 aliphatic carbocycles. The van der Waals surface area contributed by atoms with Crippen LogP contribution in [0.5, 0.6) is 0 Å². The highest BCUT2D eigenvalue weighted by molar-refractivity contribution is 9.12. The molecule has 1 aromatic heterocycles. The van der Waals surface area contributed by atoms with Crippen LogP contribution in [-0.2, 0) is 9.59 Å². The first-order valence-corrected chi connectivity index (χ1v) is 8.60. The van der Waals surface area contributed by atoms with E-state index in [2.05, 4.69) is 42.1 Å². The number of hydrogen-bond donors (Lipinski definition) is 0. The monoisotopic (exact) mass is 407 g/mol. The van der Waals surface area contributed by atoms with Gasteiger partial charge in [-0.2, -0.15) is 0 Å². The minimum absolute atomic E-state index is 0.130. The maximum Gasteiger partial charge on any atom is 0.239 e. The molecule has 2 fully saturated rings. The number of imide groups is 1. The number of anilines is 1. The average Bonchev–Trinajstić information content (AvgIpc) is 2.86. The SMILES string of the molecule is Cc1nnc(N2C(=O)[C@@H]3C[C@@H](Br)[C@@H](Br)C[C@H]3C2=O)s1. The van der Waals surface area contributed by atoms with Gasteiger partial charge in [0.15, 0.2) is 0 Å². The standard InChI is InChI=1S/C11H11Br2N3O2S/c1-4-14-15-11(19-4)16-9(17)5-2-7(12)8(13)3-6(5)10(16)18/h5-8H,2-3H2,1H3/t5-,6-,7-,8+/m1/s1. The zero-order valence-electron chi connectivity index (χ0n) is 10.0. The molecule has 0 radical (unpaired) electrons. The van der Waals surface area contributed by atoms with E-state index in [0.29, 0.717) is 18.0 Å². The van der Waals surface area contributed by atoms with Gasteiger partial charge in [-0.05, 0) is 19.8 Å². The van der Waals surface area contributed by atoms with Gasteiger partial charge in [0.05, 0.1) is 11.8 Å². The van der Waals surface area contributed by atoms with Crippen molar-refractivity contribution in [2.45, 2.75) is 29.4 Å². The van der Waals surface area contributed by atoms with Crippen molar-refractivity contribution in [2.75, 3.05) is 4.90 Å². The zero-order valence-corrected chi connectivity index (χ0v) is 14.0. The van der Waals surface area contributed by atoms with E-state index in [1.54, 1.807) is 0 Å². The second-order valence-corrected chi connectivity index (χ2v) is 8.34. The lowest BCUT2D eigenvalue weighted by Gasteiger charge is -2.29. The van der Waals surface area contributed by atoms with Crippen LogP contribution in [0.3, 0.4) is 0 Å². The Morgan fingerprint density at radius 3 is 2.05 bits per heavy atom. The molecule has 1 saturated heterocycles. The molecule has 2 amide bonds. The number of rotatable bonds is 1. The lowest BCUT2D eigenvalue weighted by atomic mass is 9.81. The fourth-order valence-corrected chi connectivity index (χ4v) is 4.60. The molecule has 0 bridgehead atoms. The lowest BCUT2D eigenvalue weighted by Crippen LogP contribution is -2.34. The Morgan fingerprint density at radius 1 is 1.11 bits per heavy atom. The Balaban J connectivity index is 1.93. The fourth-order valence-electron chi connectivity index (χ4n) is 2.66. The Labute approximate surface area is 131 Å². The minimum Gasteiger partial charge on any atom is -0.274 e. The van der Waals surface area contributed by atoms with Crippen molar-refractivity contribution < 1.29 is 9.59 Å². The Kier molecular flexibility index (Phi) is 3.51. The van der Waals surface area contributed by atoms with Gasteiger partial charge in [0.25, 0.3) is 0 Å². The summed E-state index contributed by atoms with van der Waals surface area (Å²) in [6.45, 7) is 1.81. The summed E-state index contributed by atoms with van der Waals surface area (Å²) in [5, 5.41) is 8.96. The van der Waals surface area contributed by atoms with Crippen LogP contribution >= 0.6 is 43.2 Å². The largest absolute Gasteiger partial charge is 0.274 e. The van der Waals surface area contributed by atoms with Crippen LogP contribution in [0.15, 0.2) is 0 Å². The Morgan fingerprint density at radius 2 is 1.63 bits per heavy atom. The molecule has 102 valence electrons. The van der Waals surface area contributed by atoms with Crippen LogP contribution < -0.4 is 4.90 Å². The number of carbonyl (C=O) groups excluding carboxylic acids is 2. The number of aromatic nitrogens is 2. The molecule has 0 N–H and O–H groups in total. The van der Waals surface area contributed by atoms with E-state index in [1.165, 1.54) is 16.2 Å². The van der Waals surface area contributed by atoms with Gasteiger partial charge < -0.3 is 0 Å². The number of alkyl halides is 2. The van der Waals surface area contributed by atoms with Crippen molar-refractivity contribution in [3.63, 3.8) is 0 Å². The van der Waals surface area contributed by atoms with Crippen molar-refractivity contribution >= 4 is 60.1 Å². The number of hydrogen-bond acceptors (Lipinski definition) is 5. The number of amides is 2. The van der Waals surface area contributed by atoms with Crippen LogP contribution in [0.4, 0.5) is 5.13 Å². The van der Waals surface area contributed by atoms with Gasteiger partial charge in [-0.1, -0.05) is 43.2 Å². The topological polar surface area (TPSA) is 63.2 Å². The van der Waals surface area contributed by atoms with Gasteiger partial charge in [0, 0.05) is 9.65 Å². The summed E-state index contributed by atoms with van der Waals surface area (Å²) in [5.41, 5.74) is 0. The maximum absolute atomic E-state index is 12.4. The van der Waals surface area contributed by atoms with E-state index in [4.69, 9.17) is 0 Å². The molecule has 0 spiro atoms. The van der Waals surface area contributed by atoms with Crippen LogP contribution in [0.1, 0.15) is 17.8 Å². The number of nitrogens with zero attached hydrogens (tertiary/aromatic N) is 3. The molecule has 5 nitrogen and oxygen atoms in total. The highest BCUT2D eigenvalue weighted by Gasteiger charge is 2.53. The number of fused-ring (bicyclic) bond motifs is 1. The predicted octanol–water partition coefficient (Wildman–Crippen LogP) is 2.27. The third-order valence-corrected chi connectivity index (χ3v) is 7.18. The van der Waals surface area contributed by atoms with E-state index in [9.17, 15) is 9.59 Å². The summed E-state index contributed by atoms with van der Waals surface area (Å²) in [6, 6.07) is 0. The molecule has 1 aromatic rings. The van der Waals surface area contributed by atoms with E-state index in [-0.39, 0.29) is 33.3 Å². The van der Waals surface area contributed by atoms with Crippen LogP contribution in [-0.4, -0.2) is 31.7 Å². The first-order valence-electron chi connectivity index (χ1n) is 5.95. The van der Waals surface area contributed by atoms with Gasteiger partial charge in [-0.15, -0.1) is 10.2 Å². The average molecular weight is 409 g/mol. The van der Waals surface area contributed by atoms with Crippen molar-refractivity contribution in [3.05, 3.63) is 5.01 Å². The summed E-state index contributed by atoms with van der Waals surface area (Å²) in [6.07, 6.45) is 1.36. The fraction of sp³-hybridized carbons (Fsp3) is 0.636. The molecule has 3 rings (SSSR count). The Hall–Kier alpha value is -0.340. The molecule has 1 saturated carbocycles. The van der Waals surface area contributed by atoms with Crippen molar-refractivity contribution in [2.24, 2.45) is 11.8 Å². The second-order valence-electron chi connectivity index (χ2n) is 4.83. The highest BCUT2D eigenvalue weighted by atomic mass is 79.9. The predicted molar refractivity (Wildman–Crippen MR) is 78.8 cm³/mol. The van der Waals surface area contributed by atoms with E-state index in [1.807, 2.05) is 6.92 Å². The summed E-state index contributed by atoms with van der Waals surface area (Å²) >= 11 is 8.41. The molecular weight excluding hydrogens is 398 g/mol. The molecule has 8 heteroatoms. The van der Waals surface area contributed by atoms with Gasteiger partial charge in [0.2, 0.25) is 16.9 Å². The third-order valence-electron chi connectivity index (χ3n) is 3.62. The van der Waals surface area contributed by atoms with E-state index < -0.39 is 0 Å². The summed E-state index contributed by atoms with van der Waals surface area (Å²) in [5.74, 6) is -0.713. The highest BCUT2D eigenvalue weighted by Crippen LogP contribution is 2.44. The summed E-state index contributed by atoms with van der Waals surface area (Å²) in [7, 11) is 0. The van der Waals surface area contributed by atoms with Gasteiger partial charge in [0.1, 0.15) is 5.01 Å². The number of halogens is 2. The third kappa shape index (κ3) is 2.17. The van der Waals surface area contributed by atoms with Crippen molar-refractivity contribution in [3.8, 4) is 0 Å². The summed E-state index contributed by atoms with van der Waals surface area (Å²) < 4.78 is 0. The zero-order chi connectivity index (χ0) is 13.7. The van der Waals surface area contributed by atoms with Crippen molar-refractivity contribution in [1.29, 1.82) is 0 Å². The molecule has 0 aromatic carbocycles. The normalized spacial score (nSPS) is 34.8. The maximum atomic E-state index is 12.4. The van der Waals surface area contributed by atoms with Gasteiger partial charge in [-0.3, -0.25) is 9.59 Å². The van der Waals surface area contributed by atoms with Crippen LogP contribution in [0, 0.1) is 18.8 Å². The molecule has 1 aliphatic heterocycles. The van der Waals surface area contributed by atoms with E-state index in [0.717, 1.165) is 5.01 Å². The van der Waals surface area contributed by atoms with Crippen LogP contribution in [0.2, 0.25) is 0 Å². The number of carbonyl (C=O) groups is 2.